The summed E-state index contributed by atoms with van der Waals surface area (Å²) in [4.78, 5) is 21.4. The average molecular weight is 381 g/mol. The highest BCUT2D eigenvalue weighted by Crippen LogP contribution is 2.39. The first-order chi connectivity index (χ1) is 12.3. The second kappa shape index (κ2) is 7.40. The summed E-state index contributed by atoms with van der Waals surface area (Å²) in [5.41, 5.74) is -0.943. The van der Waals surface area contributed by atoms with Gasteiger partial charge in [0.15, 0.2) is 16.4 Å². The predicted octanol–water partition coefficient (Wildman–Crippen LogP) is 2.23. The Morgan fingerprint density at radius 3 is 2.12 bits per heavy atom. The van der Waals surface area contributed by atoms with Gasteiger partial charge in [-0.05, 0) is 12.1 Å². The van der Waals surface area contributed by atoms with Crippen LogP contribution in [0, 0.1) is 10.1 Å². The van der Waals surface area contributed by atoms with Crippen LogP contribution in [0.5, 0.6) is 11.5 Å². The summed E-state index contributed by atoms with van der Waals surface area (Å²) in [6.45, 7) is 0. The van der Waals surface area contributed by atoms with Crippen LogP contribution in [-0.4, -0.2) is 40.6 Å². The van der Waals surface area contributed by atoms with Gasteiger partial charge in [-0.3, -0.25) is 10.1 Å². The molecule has 0 atom stereocenters. The summed E-state index contributed by atoms with van der Waals surface area (Å²) in [6.07, 6.45) is 0. The first kappa shape index (κ1) is 19.2. The second-order valence-electron chi connectivity index (χ2n) is 4.92. The number of esters is 1. The summed E-state index contributed by atoms with van der Waals surface area (Å²) >= 11 is 0. The second-order valence-corrected chi connectivity index (χ2v) is 6.81. The highest BCUT2D eigenvalue weighted by molar-refractivity contribution is 7.91. The van der Waals surface area contributed by atoms with Gasteiger partial charge in [0.05, 0.1) is 42.8 Å². The molecule has 0 aliphatic heterocycles. The summed E-state index contributed by atoms with van der Waals surface area (Å²) in [5, 5.41) is 11.4. The van der Waals surface area contributed by atoms with Gasteiger partial charge >= 0.3 is 5.97 Å². The molecule has 9 nitrogen and oxygen atoms in total. The number of nitro benzene ring substituents is 1. The van der Waals surface area contributed by atoms with E-state index in [0.29, 0.717) is 0 Å². The van der Waals surface area contributed by atoms with Crippen molar-refractivity contribution in [3.8, 4) is 11.5 Å². The Morgan fingerprint density at radius 1 is 1.00 bits per heavy atom. The van der Waals surface area contributed by atoms with Crippen LogP contribution in [0.4, 0.5) is 5.69 Å². The van der Waals surface area contributed by atoms with Crippen LogP contribution in [0.25, 0.3) is 0 Å². The summed E-state index contributed by atoms with van der Waals surface area (Å²) in [7, 11) is -0.802. The van der Waals surface area contributed by atoms with Crippen molar-refractivity contribution in [1.82, 2.24) is 0 Å². The smallest absolute Gasteiger partial charge is 0.339 e. The van der Waals surface area contributed by atoms with Gasteiger partial charge in [0.25, 0.3) is 5.69 Å². The fourth-order valence-electron chi connectivity index (χ4n) is 2.31. The zero-order valence-corrected chi connectivity index (χ0v) is 14.9. The first-order valence-electron chi connectivity index (χ1n) is 7.10. The maximum absolute atomic E-state index is 13.1. The van der Waals surface area contributed by atoms with Gasteiger partial charge in [0.1, 0.15) is 0 Å². The lowest BCUT2D eigenvalue weighted by Gasteiger charge is -2.12. The van der Waals surface area contributed by atoms with Crippen molar-refractivity contribution in [3.05, 3.63) is 52.1 Å². The van der Waals surface area contributed by atoms with Crippen molar-refractivity contribution in [2.24, 2.45) is 0 Å². The molecule has 0 bridgehead atoms. The summed E-state index contributed by atoms with van der Waals surface area (Å²) in [6, 6.07) is 7.21. The van der Waals surface area contributed by atoms with Crippen molar-refractivity contribution in [2.45, 2.75) is 9.79 Å². The lowest BCUT2D eigenvalue weighted by molar-refractivity contribution is -0.387. The number of hydrogen-bond donors (Lipinski definition) is 0. The zero-order valence-electron chi connectivity index (χ0n) is 14.1. The van der Waals surface area contributed by atoms with Gasteiger partial charge in [-0.2, -0.15) is 0 Å². The maximum atomic E-state index is 13.1. The molecular formula is C16H15NO8S. The van der Waals surface area contributed by atoms with Crippen LogP contribution in [0.15, 0.2) is 46.2 Å². The Kier molecular flexibility index (Phi) is 5.46. The molecule has 0 N–H and O–H groups in total. The number of carbonyl (C=O) groups is 1. The molecule has 26 heavy (non-hydrogen) atoms. The molecule has 0 aliphatic rings. The highest BCUT2D eigenvalue weighted by Gasteiger charge is 2.33. The van der Waals surface area contributed by atoms with Gasteiger partial charge in [-0.15, -0.1) is 0 Å². The standard InChI is InChI=1S/C16H15NO8S/c1-23-12-8-11(17(19)20)15(9-13(12)24-2)26(21,22)14-7-5-4-6-10(14)16(18)25-3/h4-9H,1-3H3. The van der Waals surface area contributed by atoms with E-state index < -0.39 is 36.2 Å². The molecule has 0 radical (unpaired) electrons. The molecule has 0 fully saturated rings. The molecule has 0 saturated heterocycles. The van der Waals surface area contributed by atoms with Crippen LogP contribution < -0.4 is 9.47 Å². The van der Waals surface area contributed by atoms with E-state index in [1.54, 1.807) is 0 Å². The van der Waals surface area contributed by atoms with E-state index in [1.807, 2.05) is 0 Å². The normalized spacial score (nSPS) is 10.9. The van der Waals surface area contributed by atoms with E-state index in [0.717, 1.165) is 19.2 Å². The molecule has 0 spiro atoms. The van der Waals surface area contributed by atoms with Gasteiger partial charge in [-0.25, -0.2) is 13.2 Å². The van der Waals surface area contributed by atoms with Crippen molar-refractivity contribution < 1.29 is 32.3 Å². The summed E-state index contributed by atoms with van der Waals surface area (Å²) in [5.74, 6) is -0.890. The Morgan fingerprint density at radius 2 is 1.58 bits per heavy atom. The van der Waals surface area contributed by atoms with Crippen LogP contribution in [0.2, 0.25) is 0 Å². The number of rotatable bonds is 6. The third-order valence-corrected chi connectivity index (χ3v) is 5.37. The molecule has 2 rings (SSSR count). The molecule has 2 aromatic rings. The fraction of sp³-hybridized carbons (Fsp3) is 0.188. The van der Waals surface area contributed by atoms with Gasteiger partial charge in [-0.1, -0.05) is 12.1 Å². The predicted molar refractivity (Wildman–Crippen MR) is 89.4 cm³/mol. The average Bonchev–Trinajstić information content (AvgIpc) is 2.65. The number of carbonyl (C=O) groups excluding carboxylic acids is 1. The van der Waals surface area contributed by atoms with E-state index in [-0.39, 0.29) is 17.1 Å². The molecule has 0 saturated carbocycles. The van der Waals surface area contributed by atoms with Crippen molar-refractivity contribution in [2.75, 3.05) is 21.3 Å². The first-order valence-corrected chi connectivity index (χ1v) is 8.59. The Labute approximate surface area is 149 Å². The van der Waals surface area contributed by atoms with E-state index in [9.17, 15) is 23.3 Å². The lowest BCUT2D eigenvalue weighted by Crippen LogP contribution is -2.12. The number of nitrogens with zero attached hydrogens (tertiary/aromatic N) is 1. The van der Waals surface area contributed by atoms with E-state index in [2.05, 4.69) is 4.74 Å². The van der Waals surface area contributed by atoms with Gasteiger partial charge in [0, 0.05) is 6.07 Å². The van der Waals surface area contributed by atoms with Gasteiger partial charge in [0.2, 0.25) is 9.84 Å². The third-order valence-electron chi connectivity index (χ3n) is 3.53. The molecule has 2 aromatic carbocycles. The number of methoxy groups -OCH3 is 3. The van der Waals surface area contributed by atoms with E-state index in [1.165, 1.54) is 38.5 Å². The third kappa shape index (κ3) is 3.31. The molecular weight excluding hydrogens is 366 g/mol. The number of nitro groups is 1. The molecule has 0 aromatic heterocycles. The quantitative estimate of drug-likeness (QED) is 0.424. The highest BCUT2D eigenvalue weighted by atomic mass is 32.2. The van der Waals surface area contributed by atoms with Crippen molar-refractivity contribution in [1.29, 1.82) is 0 Å². The van der Waals surface area contributed by atoms with E-state index in [4.69, 9.17) is 9.47 Å². The SMILES string of the molecule is COC(=O)c1ccccc1S(=O)(=O)c1cc(OC)c(OC)cc1[N+](=O)[O-]. The van der Waals surface area contributed by atoms with Crippen LogP contribution in [-0.2, 0) is 14.6 Å². The Balaban J connectivity index is 2.83. The van der Waals surface area contributed by atoms with Crippen LogP contribution >= 0.6 is 0 Å². The van der Waals surface area contributed by atoms with Crippen LogP contribution in [0.3, 0.4) is 0 Å². The molecule has 0 aliphatic carbocycles. The topological polar surface area (TPSA) is 122 Å². The minimum atomic E-state index is -4.44. The Bertz CT molecular complexity index is 968. The number of ether oxygens (including phenoxy) is 3. The molecule has 10 heteroatoms. The molecule has 0 unspecified atom stereocenters. The van der Waals surface area contributed by atoms with Gasteiger partial charge < -0.3 is 14.2 Å². The summed E-state index contributed by atoms with van der Waals surface area (Å²) < 4.78 is 40.7. The number of hydrogen-bond acceptors (Lipinski definition) is 8. The minimum Gasteiger partial charge on any atom is -0.493 e. The van der Waals surface area contributed by atoms with E-state index >= 15 is 0 Å². The van der Waals surface area contributed by atoms with Crippen LogP contribution in [0.1, 0.15) is 10.4 Å². The maximum Gasteiger partial charge on any atom is 0.339 e. The monoisotopic (exact) mass is 381 g/mol. The minimum absolute atomic E-state index is 0.000553. The Hall–Kier alpha value is -3.14. The fourth-order valence-corrected chi connectivity index (χ4v) is 3.91. The number of sulfone groups is 1. The van der Waals surface area contributed by atoms with Crippen molar-refractivity contribution >= 4 is 21.5 Å². The zero-order chi connectivity index (χ0) is 19.5. The molecule has 138 valence electrons. The number of benzene rings is 2. The largest absolute Gasteiger partial charge is 0.493 e. The lowest BCUT2D eigenvalue weighted by atomic mass is 10.2. The molecule has 0 amide bonds. The van der Waals surface area contributed by atoms with Crippen molar-refractivity contribution in [3.63, 3.8) is 0 Å². The molecule has 0 heterocycles.